The Morgan fingerprint density at radius 2 is 1.09 bits per heavy atom. The van der Waals surface area contributed by atoms with Crippen LogP contribution in [-0.2, 0) is 11.8 Å². The van der Waals surface area contributed by atoms with Gasteiger partial charge in [0.2, 0.25) is 0 Å². The number of para-hydroxylation sites is 3. The number of aromatic nitrogens is 1. The van der Waals surface area contributed by atoms with E-state index >= 15 is 0 Å². The van der Waals surface area contributed by atoms with E-state index in [4.69, 9.17) is 0 Å². The zero-order chi connectivity index (χ0) is 37.7. The van der Waals surface area contributed by atoms with Crippen LogP contribution in [0, 0.1) is 0 Å². The van der Waals surface area contributed by atoms with Crippen LogP contribution in [0.15, 0.2) is 200 Å². The third-order valence-corrected chi connectivity index (χ3v) is 12.7. The second-order valence-corrected chi connectivity index (χ2v) is 15.5. The maximum Gasteiger partial charge on any atom is 0.0729 e. The third-order valence-electron chi connectivity index (χ3n) is 12.7. The number of hydrogen-bond acceptors (Lipinski definition) is 1. The van der Waals surface area contributed by atoms with E-state index in [1.54, 1.807) is 0 Å². The van der Waals surface area contributed by atoms with E-state index in [2.05, 4.69) is 217 Å². The van der Waals surface area contributed by atoms with E-state index in [0.29, 0.717) is 0 Å². The molecule has 268 valence electrons. The smallest absolute Gasteiger partial charge is 0.0729 e. The maximum atomic E-state index is 2.53. The van der Waals surface area contributed by atoms with Crippen LogP contribution in [0.5, 0.6) is 0 Å². The van der Waals surface area contributed by atoms with Crippen LogP contribution in [0.3, 0.4) is 0 Å². The molecule has 0 saturated heterocycles. The molecule has 9 aromatic carbocycles. The fourth-order valence-electron chi connectivity index (χ4n) is 10.6. The lowest BCUT2D eigenvalue weighted by atomic mass is 9.60. The van der Waals surface area contributed by atoms with E-state index in [9.17, 15) is 0 Å². The zero-order valence-corrected chi connectivity index (χ0v) is 31.7. The van der Waals surface area contributed by atoms with Crippen LogP contribution in [0.4, 0.5) is 17.1 Å². The van der Waals surface area contributed by atoms with Crippen LogP contribution in [0.25, 0.3) is 60.5 Å². The molecular weight excluding hydrogens is 689 g/mol. The van der Waals surface area contributed by atoms with Crippen LogP contribution >= 0.6 is 0 Å². The Balaban J connectivity index is 1.20. The Kier molecular flexibility index (Phi) is 6.86. The summed E-state index contributed by atoms with van der Waals surface area (Å²) in [7, 11) is 0. The van der Waals surface area contributed by atoms with Gasteiger partial charge in [0.1, 0.15) is 0 Å². The molecule has 0 aliphatic heterocycles. The first-order valence-electron chi connectivity index (χ1n) is 20.1. The van der Waals surface area contributed by atoms with Gasteiger partial charge in [0, 0.05) is 27.8 Å². The fourth-order valence-corrected chi connectivity index (χ4v) is 10.6. The Labute approximate surface area is 332 Å². The molecule has 1 aromatic heterocycles. The molecule has 1 atom stereocenters. The predicted octanol–water partition coefficient (Wildman–Crippen LogP) is 14.3. The average Bonchev–Trinajstić information content (AvgIpc) is 3.77. The Morgan fingerprint density at radius 3 is 1.88 bits per heavy atom. The summed E-state index contributed by atoms with van der Waals surface area (Å²) in [6.45, 7) is 2.32. The highest BCUT2D eigenvalue weighted by Gasteiger charge is 2.51. The highest BCUT2D eigenvalue weighted by atomic mass is 15.1. The van der Waals surface area contributed by atoms with Gasteiger partial charge in [-0.2, -0.15) is 0 Å². The summed E-state index contributed by atoms with van der Waals surface area (Å²) in [5.74, 6) is 0. The first-order chi connectivity index (χ1) is 28.3. The molecule has 10 aromatic rings. The molecular formula is C55H38N2. The van der Waals surface area contributed by atoms with Crippen molar-refractivity contribution in [1.82, 2.24) is 4.57 Å². The van der Waals surface area contributed by atoms with E-state index in [1.807, 2.05) is 0 Å². The van der Waals surface area contributed by atoms with Crippen LogP contribution < -0.4 is 4.90 Å². The average molecular weight is 727 g/mol. The van der Waals surface area contributed by atoms with E-state index < -0.39 is 5.41 Å². The summed E-state index contributed by atoms with van der Waals surface area (Å²) in [6.07, 6.45) is 0.949. The first-order valence-corrected chi connectivity index (χ1v) is 20.1. The standard InChI is InChI=1S/C55H38N2/c1-2-36-31-32-37-17-15-25-44-42-23-10-13-27-47(42)55(54(36)52(37)44)46-26-12-9-22-41(46)43-34-33-40(35-48(43)55)56(38-18-5-3-6-19-38)50-29-16-30-51-53(50)45-24-11-14-28-49(45)57(51)39-20-7-4-8-21-39/h3-35H,2H2,1H3. The lowest BCUT2D eigenvalue weighted by Gasteiger charge is -2.41. The van der Waals surface area contributed by atoms with Gasteiger partial charge in [-0.1, -0.05) is 153 Å². The van der Waals surface area contributed by atoms with Gasteiger partial charge >= 0.3 is 0 Å². The molecule has 12 rings (SSSR count). The summed E-state index contributed by atoms with van der Waals surface area (Å²) < 4.78 is 2.41. The van der Waals surface area contributed by atoms with Gasteiger partial charge in [-0.3, -0.25) is 0 Å². The molecule has 2 aliphatic carbocycles. The molecule has 1 heterocycles. The van der Waals surface area contributed by atoms with Crippen LogP contribution in [-0.4, -0.2) is 4.57 Å². The van der Waals surface area contributed by atoms with Gasteiger partial charge in [0.05, 0.1) is 22.1 Å². The van der Waals surface area contributed by atoms with Crippen molar-refractivity contribution >= 4 is 49.6 Å². The molecule has 1 spiro atoms. The van der Waals surface area contributed by atoms with Crippen molar-refractivity contribution in [2.75, 3.05) is 4.90 Å². The number of benzene rings is 9. The van der Waals surface area contributed by atoms with Gasteiger partial charge in [0.15, 0.2) is 0 Å². The molecule has 2 nitrogen and oxygen atoms in total. The minimum absolute atomic E-state index is 0.505. The molecule has 2 aliphatic rings. The summed E-state index contributed by atoms with van der Waals surface area (Å²) in [6, 6.07) is 74.5. The highest BCUT2D eigenvalue weighted by molar-refractivity contribution is 6.17. The molecule has 1 unspecified atom stereocenters. The monoisotopic (exact) mass is 726 g/mol. The molecule has 0 N–H and O–H groups in total. The van der Waals surface area contributed by atoms with Crippen LogP contribution in [0.2, 0.25) is 0 Å². The van der Waals surface area contributed by atoms with Crippen LogP contribution in [0.1, 0.15) is 34.7 Å². The quantitative estimate of drug-likeness (QED) is 0.171. The molecule has 0 radical (unpaired) electrons. The molecule has 0 fully saturated rings. The van der Waals surface area contributed by atoms with Crippen molar-refractivity contribution in [2.45, 2.75) is 18.8 Å². The number of anilines is 3. The number of fused-ring (bicyclic) bond motifs is 12. The lowest BCUT2D eigenvalue weighted by Crippen LogP contribution is -2.33. The van der Waals surface area contributed by atoms with Crippen molar-refractivity contribution in [3.8, 4) is 27.9 Å². The number of aryl methyl sites for hydroxylation is 1. The number of hydrogen-bond donors (Lipinski definition) is 0. The Morgan fingerprint density at radius 1 is 0.456 bits per heavy atom. The van der Waals surface area contributed by atoms with Gasteiger partial charge in [-0.25, -0.2) is 0 Å². The fraction of sp³-hybridized carbons (Fsp3) is 0.0545. The van der Waals surface area contributed by atoms with Crippen molar-refractivity contribution < 1.29 is 0 Å². The topological polar surface area (TPSA) is 8.17 Å². The summed E-state index contributed by atoms with van der Waals surface area (Å²) >= 11 is 0. The van der Waals surface area contributed by atoms with Crippen molar-refractivity contribution in [3.63, 3.8) is 0 Å². The minimum atomic E-state index is -0.505. The van der Waals surface area contributed by atoms with Gasteiger partial charge in [-0.15, -0.1) is 0 Å². The van der Waals surface area contributed by atoms with Gasteiger partial charge in [-0.05, 0) is 122 Å². The molecule has 57 heavy (non-hydrogen) atoms. The SMILES string of the molecule is CCc1ccc2cccc3c2c1C1(c2ccccc2-c2ccc(N(c4ccccc4)c4cccc5c4c4ccccc4n5-c4ccccc4)cc21)c1ccccc1-3. The maximum absolute atomic E-state index is 2.53. The zero-order valence-electron chi connectivity index (χ0n) is 31.7. The molecule has 0 bridgehead atoms. The Bertz CT molecular complexity index is 3230. The Hall–Kier alpha value is -7.16. The second kappa shape index (κ2) is 12.2. The molecule has 2 heteroatoms. The molecule has 0 saturated carbocycles. The predicted molar refractivity (Wildman–Crippen MR) is 239 cm³/mol. The largest absolute Gasteiger partial charge is 0.310 e. The van der Waals surface area contributed by atoms with E-state index in [-0.39, 0.29) is 0 Å². The van der Waals surface area contributed by atoms with Gasteiger partial charge < -0.3 is 9.47 Å². The highest BCUT2D eigenvalue weighted by Crippen LogP contribution is 2.63. The summed E-state index contributed by atoms with van der Waals surface area (Å²) in [5.41, 5.74) is 18.6. The first kappa shape index (κ1) is 32.1. The third kappa shape index (κ3) is 4.30. The second-order valence-electron chi connectivity index (χ2n) is 15.5. The lowest BCUT2D eigenvalue weighted by molar-refractivity contribution is 0.759. The van der Waals surface area contributed by atoms with E-state index in [1.165, 1.54) is 82.6 Å². The number of rotatable bonds is 5. The van der Waals surface area contributed by atoms with Crippen molar-refractivity contribution in [2.24, 2.45) is 0 Å². The summed E-state index contributed by atoms with van der Waals surface area (Å²) in [4.78, 5) is 2.49. The summed E-state index contributed by atoms with van der Waals surface area (Å²) in [5, 5.41) is 5.13. The van der Waals surface area contributed by atoms with Crippen molar-refractivity contribution in [1.29, 1.82) is 0 Å². The van der Waals surface area contributed by atoms with Gasteiger partial charge in [0.25, 0.3) is 0 Å². The minimum Gasteiger partial charge on any atom is -0.310 e. The normalized spacial score (nSPS) is 14.9. The van der Waals surface area contributed by atoms with Crippen molar-refractivity contribution in [3.05, 3.63) is 228 Å². The molecule has 0 amide bonds. The van der Waals surface area contributed by atoms with E-state index in [0.717, 1.165) is 29.2 Å². The number of nitrogens with zero attached hydrogens (tertiary/aromatic N) is 2.